The number of sulfonamides is 1. The third-order valence-corrected chi connectivity index (χ3v) is 6.58. The lowest BCUT2D eigenvalue weighted by Crippen LogP contribution is -2.28. The van der Waals surface area contributed by atoms with Gasteiger partial charge in [-0.2, -0.15) is 0 Å². The minimum absolute atomic E-state index is 0.137. The Bertz CT molecular complexity index is 950. The Morgan fingerprint density at radius 1 is 1.03 bits per heavy atom. The zero-order valence-electron chi connectivity index (χ0n) is 17.1. The first-order valence-corrected chi connectivity index (χ1v) is 11.5. The average Bonchev–Trinajstić information content (AvgIpc) is 3.20. The number of hydrogen-bond acceptors (Lipinski definition) is 4. The van der Waals surface area contributed by atoms with Crippen LogP contribution in [0.3, 0.4) is 0 Å². The van der Waals surface area contributed by atoms with Crippen LogP contribution >= 0.6 is 0 Å². The molecule has 1 fully saturated rings. The SMILES string of the molecule is Cc1ccc(S(=O)(=O)Nc2ccc(C(=O)NCCCN3CCCC3)cc2C)cc1. The van der Waals surface area contributed by atoms with Crippen LogP contribution in [0.25, 0.3) is 0 Å². The summed E-state index contributed by atoms with van der Waals surface area (Å²) in [6.45, 7) is 7.66. The van der Waals surface area contributed by atoms with Crippen molar-refractivity contribution >= 4 is 21.6 Å². The molecule has 29 heavy (non-hydrogen) atoms. The number of anilines is 1. The quantitative estimate of drug-likeness (QED) is 0.649. The zero-order chi connectivity index (χ0) is 20.9. The maximum absolute atomic E-state index is 12.6. The molecule has 1 aliphatic rings. The summed E-state index contributed by atoms with van der Waals surface area (Å²) in [6.07, 6.45) is 3.47. The Kier molecular flexibility index (Phi) is 6.92. The van der Waals surface area contributed by atoms with E-state index in [9.17, 15) is 13.2 Å². The van der Waals surface area contributed by atoms with Crippen LogP contribution in [0, 0.1) is 13.8 Å². The second kappa shape index (κ2) is 9.41. The van der Waals surface area contributed by atoms with Gasteiger partial charge in [-0.1, -0.05) is 17.7 Å². The molecule has 1 heterocycles. The minimum Gasteiger partial charge on any atom is -0.352 e. The molecular weight excluding hydrogens is 386 g/mol. The summed E-state index contributed by atoms with van der Waals surface area (Å²) in [7, 11) is -3.67. The molecule has 0 bridgehead atoms. The molecule has 2 N–H and O–H groups in total. The van der Waals surface area contributed by atoms with Gasteiger partial charge in [0.15, 0.2) is 0 Å². The van der Waals surface area contributed by atoms with Crippen molar-refractivity contribution in [2.24, 2.45) is 0 Å². The van der Waals surface area contributed by atoms with Crippen molar-refractivity contribution in [3.63, 3.8) is 0 Å². The second-order valence-electron chi connectivity index (χ2n) is 7.61. The first-order chi connectivity index (χ1) is 13.8. The van der Waals surface area contributed by atoms with Crippen LogP contribution in [0.5, 0.6) is 0 Å². The number of likely N-dealkylation sites (tertiary alicyclic amines) is 1. The number of amides is 1. The Balaban J connectivity index is 1.57. The van der Waals surface area contributed by atoms with Gasteiger partial charge in [0.05, 0.1) is 10.6 Å². The van der Waals surface area contributed by atoms with Gasteiger partial charge in [-0.25, -0.2) is 8.42 Å². The van der Waals surface area contributed by atoms with E-state index >= 15 is 0 Å². The first kappa shape index (κ1) is 21.3. The number of benzene rings is 2. The summed E-state index contributed by atoms with van der Waals surface area (Å²) < 4.78 is 27.8. The Labute approximate surface area is 173 Å². The lowest BCUT2D eigenvalue weighted by molar-refractivity contribution is 0.0952. The molecular formula is C22H29N3O3S. The molecule has 0 aliphatic carbocycles. The summed E-state index contributed by atoms with van der Waals surface area (Å²) in [5.41, 5.74) is 2.69. The Morgan fingerprint density at radius 2 is 1.72 bits per heavy atom. The van der Waals surface area contributed by atoms with E-state index in [0.717, 1.165) is 31.6 Å². The summed E-state index contributed by atoms with van der Waals surface area (Å²) in [5, 5.41) is 2.94. The molecule has 1 saturated heterocycles. The smallest absolute Gasteiger partial charge is 0.261 e. The van der Waals surface area contributed by atoms with Gasteiger partial charge >= 0.3 is 0 Å². The third kappa shape index (κ3) is 5.81. The monoisotopic (exact) mass is 415 g/mol. The van der Waals surface area contributed by atoms with Gasteiger partial charge in [-0.15, -0.1) is 0 Å². The summed E-state index contributed by atoms with van der Waals surface area (Å²) in [5.74, 6) is -0.137. The predicted molar refractivity (Wildman–Crippen MR) is 116 cm³/mol. The normalized spacial score (nSPS) is 14.7. The van der Waals surface area contributed by atoms with Gasteiger partial charge in [-0.3, -0.25) is 9.52 Å². The number of nitrogens with one attached hydrogen (secondary N) is 2. The number of carbonyl (C=O) groups excluding carboxylic acids is 1. The highest BCUT2D eigenvalue weighted by atomic mass is 32.2. The molecule has 0 unspecified atom stereocenters. The van der Waals surface area contributed by atoms with Crippen molar-refractivity contribution in [2.75, 3.05) is 30.9 Å². The van der Waals surface area contributed by atoms with Gasteiger partial charge in [0, 0.05) is 12.1 Å². The van der Waals surface area contributed by atoms with Crippen LogP contribution in [0.2, 0.25) is 0 Å². The topological polar surface area (TPSA) is 78.5 Å². The lowest BCUT2D eigenvalue weighted by atomic mass is 10.1. The fraction of sp³-hybridized carbons (Fsp3) is 0.409. The van der Waals surface area contributed by atoms with E-state index in [-0.39, 0.29) is 10.8 Å². The Morgan fingerprint density at radius 3 is 2.38 bits per heavy atom. The minimum atomic E-state index is -3.67. The van der Waals surface area contributed by atoms with Gasteiger partial charge < -0.3 is 10.2 Å². The van der Waals surface area contributed by atoms with Crippen LogP contribution < -0.4 is 10.0 Å². The largest absolute Gasteiger partial charge is 0.352 e. The highest BCUT2D eigenvalue weighted by molar-refractivity contribution is 7.92. The first-order valence-electron chi connectivity index (χ1n) is 10.1. The molecule has 0 atom stereocenters. The highest BCUT2D eigenvalue weighted by Crippen LogP contribution is 2.21. The molecule has 0 spiro atoms. The van der Waals surface area contributed by atoms with Gasteiger partial charge in [-0.05, 0) is 88.6 Å². The maximum Gasteiger partial charge on any atom is 0.261 e. The van der Waals surface area contributed by atoms with Gasteiger partial charge in [0.25, 0.3) is 15.9 Å². The molecule has 0 radical (unpaired) electrons. The van der Waals surface area contributed by atoms with Crippen LogP contribution in [0.4, 0.5) is 5.69 Å². The van der Waals surface area contributed by atoms with Crippen molar-refractivity contribution in [3.05, 3.63) is 59.2 Å². The van der Waals surface area contributed by atoms with E-state index in [4.69, 9.17) is 0 Å². The number of carbonyl (C=O) groups is 1. The standard InChI is InChI=1S/C22H29N3O3S/c1-17-6-9-20(10-7-17)29(27,28)24-21-11-8-19(16-18(21)2)22(26)23-12-5-15-25-13-3-4-14-25/h6-11,16,24H,3-5,12-15H2,1-2H3,(H,23,26). The van der Waals surface area contributed by atoms with E-state index in [1.807, 2.05) is 6.92 Å². The molecule has 0 aromatic heterocycles. The van der Waals surface area contributed by atoms with Gasteiger partial charge in [0.2, 0.25) is 0 Å². The van der Waals surface area contributed by atoms with E-state index in [2.05, 4.69) is 14.9 Å². The van der Waals surface area contributed by atoms with Crippen LogP contribution in [-0.4, -0.2) is 45.4 Å². The number of rotatable bonds is 8. The maximum atomic E-state index is 12.6. The van der Waals surface area contributed by atoms with E-state index < -0.39 is 10.0 Å². The number of hydrogen-bond donors (Lipinski definition) is 2. The van der Waals surface area contributed by atoms with Crippen LogP contribution in [0.1, 0.15) is 40.7 Å². The fourth-order valence-corrected chi connectivity index (χ4v) is 4.58. The molecule has 3 rings (SSSR count). The Hall–Kier alpha value is -2.38. The highest BCUT2D eigenvalue weighted by Gasteiger charge is 2.16. The molecule has 156 valence electrons. The summed E-state index contributed by atoms with van der Waals surface area (Å²) in [4.78, 5) is 15.0. The van der Waals surface area contributed by atoms with Crippen LogP contribution in [0.15, 0.2) is 47.4 Å². The second-order valence-corrected chi connectivity index (χ2v) is 9.29. The number of aryl methyl sites for hydroxylation is 2. The molecule has 1 aliphatic heterocycles. The predicted octanol–water partition coefficient (Wildman–Crippen LogP) is 3.32. The van der Waals surface area contributed by atoms with E-state index in [1.165, 1.54) is 12.8 Å². The molecule has 2 aromatic rings. The van der Waals surface area contributed by atoms with Crippen molar-refractivity contribution in [3.8, 4) is 0 Å². The van der Waals surface area contributed by atoms with Crippen molar-refractivity contribution in [1.29, 1.82) is 0 Å². The third-order valence-electron chi connectivity index (χ3n) is 5.20. The van der Waals surface area contributed by atoms with Crippen LogP contribution in [-0.2, 0) is 10.0 Å². The summed E-state index contributed by atoms with van der Waals surface area (Å²) in [6, 6.07) is 11.7. The fourth-order valence-electron chi connectivity index (χ4n) is 3.45. The van der Waals surface area contributed by atoms with E-state index in [0.29, 0.717) is 23.4 Å². The van der Waals surface area contributed by atoms with Crippen molar-refractivity contribution in [1.82, 2.24) is 10.2 Å². The van der Waals surface area contributed by atoms with Crippen molar-refractivity contribution < 1.29 is 13.2 Å². The molecule has 0 saturated carbocycles. The number of nitrogens with zero attached hydrogens (tertiary/aromatic N) is 1. The van der Waals surface area contributed by atoms with E-state index in [1.54, 1.807) is 49.4 Å². The molecule has 1 amide bonds. The average molecular weight is 416 g/mol. The lowest BCUT2D eigenvalue weighted by Gasteiger charge is -2.15. The summed E-state index contributed by atoms with van der Waals surface area (Å²) >= 11 is 0. The van der Waals surface area contributed by atoms with Crippen molar-refractivity contribution in [2.45, 2.75) is 38.0 Å². The molecule has 7 heteroatoms. The molecule has 2 aromatic carbocycles. The zero-order valence-corrected chi connectivity index (χ0v) is 17.9. The molecule has 6 nitrogen and oxygen atoms in total. The van der Waals surface area contributed by atoms with Gasteiger partial charge in [0.1, 0.15) is 0 Å².